The molecule has 0 saturated carbocycles. The van der Waals surface area contributed by atoms with E-state index in [1.807, 2.05) is 19.1 Å². The maximum atomic E-state index is 12.8. The van der Waals surface area contributed by atoms with Gasteiger partial charge in [0.2, 0.25) is 0 Å². The van der Waals surface area contributed by atoms with Crippen LogP contribution in [0.2, 0.25) is 0 Å². The zero-order valence-electron chi connectivity index (χ0n) is 19.2. The molecule has 0 aromatic carbocycles. The summed E-state index contributed by atoms with van der Waals surface area (Å²) >= 11 is 0. The lowest BCUT2D eigenvalue weighted by atomic mass is 9.85. The van der Waals surface area contributed by atoms with E-state index in [2.05, 4.69) is 0 Å². The molecule has 0 unspecified atom stereocenters. The van der Waals surface area contributed by atoms with Gasteiger partial charge in [0.1, 0.15) is 42.7 Å². The highest BCUT2D eigenvalue weighted by molar-refractivity contribution is 5.93. The molecule has 0 spiro atoms. The maximum Gasteiger partial charge on any atom is 0.338 e. The quantitative estimate of drug-likeness (QED) is 0.244. The number of hydrogen-bond acceptors (Lipinski definition) is 10. The lowest BCUT2D eigenvalue weighted by Crippen LogP contribution is -2.38. The van der Waals surface area contributed by atoms with E-state index in [1.54, 1.807) is 13.8 Å². The molecular weight excluding hydrogens is 436 g/mol. The highest BCUT2D eigenvalue weighted by Crippen LogP contribution is 2.52. The largest absolute Gasteiger partial charge is 0.463 e. The van der Waals surface area contributed by atoms with Crippen LogP contribution in [0.5, 0.6) is 0 Å². The van der Waals surface area contributed by atoms with Crippen LogP contribution in [-0.4, -0.2) is 72.7 Å². The molecule has 10 nitrogen and oxygen atoms in total. The van der Waals surface area contributed by atoms with Crippen LogP contribution in [0.3, 0.4) is 0 Å². The van der Waals surface area contributed by atoms with Gasteiger partial charge in [-0.3, -0.25) is 14.4 Å². The van der Waals surface area contributed by atoms with Crippen molar-refractivity contribution in [2.75, 3.05) is 13.2 Å². The van der Waals surface area contributed by atoms with Crippen molar-refractivity contribution in [2.45, 2.75) is 76.7 Å². The summed E-state index contributed by atoms with van der Waals surface area (Å²) in [4.78, 5) is 48.3. The Balaban J connectivity index is 1.77. The lowest BCUT2D eigenvalue weighted by molar-refractivity contribution is -0.154. The number of esters is 4. The molecule has 0 aromatic rings. The monoisotopic (exact) mass is 464 g/mol. The summed E-state index contributed by atoms with van der Waals surface area (Å²) in [6.45, 7) is 7.38. The molecule has 33 heavy (non-hydrogen) atoms. The summed E-state index contributed by atoms with van der Waals surface area (Å²) in [5, 5.41) is 0. The van der Waals surface area contributed by atoms with E-state index in [4.69, 9.17) is 28.4 Å². The fraction of sp³-hybridized carbons (Fsp3) is 0.652. The van der Waals surface area contributed by atoms with Gasteiger partial charge in [0.05, 0.1) is 11.5 Å². The lowest BCUT2D eigenvalue weighted by Gasteiger charge is -2.27. The highest BCUT2D eigenvalue weighted by Gasteiger charge is 2.65. The van der Waals surface area contributed by atoms with Crippen LogP contribution in [0.15, 0.2) is 23.3 Å². The van der Waals surface area contributed by atoms with Crippen LogP contribution in [-0.2, 0) is 47.6 Å². The molecule has 3 aliphatic heterocycles. The Kier molecular flexibility index (Phi) is 5.86. The zero-order valence-corrected chi connectivity index (χ0v) is 19.2. The Hall–Kier alpha value is -2.72. The number of fused-ring (bicyclic) bond motifs is 4. The van der Waals surface area contributed by atoms with Crippen molar-refractivity contribution in [2.24, 2.45) is 5.92 Å². The van der Waals surface area contributed by atoms with E-state index < -0.39 is 65.4 Å². The molecule has 4 aliphatic rings. The molecule has 0 bridgehead atoms. The van der Waals surface area contributed by atoms with Crippen molar-refractivity contribution in [1.29, 1.82) is 0 Å². The Bertz CT molecular complexity index is 949. The molecule has 2 fully saturated rings. The Morgan fingerprint density at radius 1 is 1.15 bits per heavy atom. The third-order valence-corrected chi connectivity index (χ3v) is 6.27. The van der Waals surface area contributed by atoms with Gasteiger partial charge in [-0.1, -0.05) is 26.0 Å². The standard InChI is InChI=1S/C23H28O10/c1-11(2)20(26)30-15-8-23(10-29-13(4)25)16(32-23)6-7-22(5)19(33-22)18-17(15)14(21(27)31-18)9-28-12(3)24/h6-7,11,15-16,18-19H,8-10H2,1-5H3/b7-6-/t15-,16-,18-,19+,22+,23-/m0/s1. The molecule has 0 aromatic heterocycles. The first-order valence-electron chi connectivity index (χ1n) is 10.9. The molecule has 0 amide bonds. The molecule has 6 atom stereocenters. The molecule has 180 valence electrons. The van der Waals surface area contributed by atoms with Gasteiger partial charge < -0.3 is 28.4 Å². The van der Waals surface area contributed by atoms with E-state index in [-0.39, 0.29) is 25.2 Å². The number of epoxide rings is 2. The highest BCUT2D eigenvalue weighted by atomic mass is 16.7. The van der Waals surface area contributed by atoms with Gasteiger partial charge in [-0.15, -0.1) is 0 Å². The van der Waals surface area contributed by atoms with Crippen LogP contribution in [0.4, 0.5) is 0 Å². The SMILES string of the molecule is CC(=O)OCC1=C2[C@@H](OC(=O)C(C)C)C[C@@]3(COC(C)=O)O[C@H]3/C=C\[C@@]3(C)O[C@@H]3[C@H]2OC1=O. The maximum absolute atomic E-state index is 12.8. The second-order valence-corrected chi connectivity index (χ2v) is 9.29. The Labute approximate surface area is 191 Å². The predicted octanol–water partition coefficient (Wildman–Crippen LogP) is 1.16. The van der Waals surface area contributed by atoms with Crippen LogP contribution in [0, 0.1) is 5.92 Å². The first kappa shape index (κ1) is 23.4. The number of ether oxygens (including phenoxy) is 6. The van der Waals surface area contributed by atoms with Gasteiger partial charge in [0, 0.05) is 25.8 Å². The summed E-state index contributed by atoms with van der Waals surface area (Å²) in [5.74, 6) is -2.62. The minimum absolute atomic E-state index is 0.0555. The van der Waals surface area contributed by atoms with Crippen molar-refractivity contribution in [1.82, 2.24) is 0 Å². The van der Waals surface area contributed by atoms with Crippen molar-refractivity contribution in [3.8, 4) is 0 Å². The van der Waals surface area contributed by atoms with Crippen molar-refractivity contribution >= 4 is 23.9 Å². The van der Waals surface area contributed by atoms with E-state index >= 15 is 0 Å². The number of carbonyl (C=O) groups is 4. The average Bonchev–Trinajstić information content (AvgIpc) is 3.57. The van der Waals surface area contributed by atoms with Crippen molar-refractivity contribution < 1.29 is 47.6 Å². The molecule has 1 aliphatic carbocycles. The van der Waals surface area contributed by atoms with E-state index in [1.165, 1.54) is 13.8 Å². The fourth-order valence-corrected chi connectivity index (χ4v) is 4.27. The van der Waals surface area contributed by atoms with Crippen LogP contribution < -0.4 is 0 Å². The van der Waals surface area contributed by atoms with E-state index in [0.717, 1.165) is 0 Å². The van der Waals surface area contributed by atoms with Crippen LogP contribution in [0.25, 0.3) is 0 Å². The van der Waals surface area contributed by atoms with Gasteiger partial charge in [0.25, 0.3) is 0 Å². The van der Waals surface area contributed by atoms with Crippen LogP contribution >= 0.6 is 0 Å². The third-order valence-electron chi connectivity index (χ3n) is 6.27. The summed E-state index contributed by atoms with van der Waals surface area (Å²) in [5.41, 5.74) is -1.18. The molecule has 4 rings (SSSR count). The average molecular weight is 464 g/mol. The predicted molar refractivity (Wildman–Crippen MR) is 110 cm³/mol. The number of hydrogen-bond donors (Lipinski definition) is 0. The summed E-state index contributed by atoms with van der Waals surface area (Å²) in [6, 6.07) is 0. The number of rotatable bonds is 6. The minimum Gasteiger partial charge on any atom is -0.463 e. The topological polar surface area (TPSA) is 130 Å². The second-order valence-electron chi connectivity index (χ2n) is 9.29. The zero-order chi connectivity index (χ0) is 24.1. The molecule has 3 heterocycles. The van der Waals surface area contributed by atoms with Gasteiger partial charge in [-0.05, 0) is 6.92 Å². The Morgan fingerprint density at radius 2 is 1.85 bits per heavy atom. The first-order chi connectivity index (χ1) is 15.5. The first-order valence-corrected chi connectivity index (χ1v) is 10.9. The Morgan fingerprint density at radius 3 is 2.48 bits per heavy atom. The summed E-state index contributed by atoms with van der Waals surface area (Å²) < 4.78 is 33.6. The van der Waals surface area contributed by atoms with Crippen LogP contribution in [0.1, 0.15) is 41.0 Å². The molecule has 2 saturated heterocycles. The van der Waals surface area contributed by atoms with Gasteiger partial charge in [0.15, 0.2) is 6.10 Å². The molecule has 10 heteroatoms. The number of carbonyl (C=O) groups excluding carboxylic acids is 4. The van der Waals surface area contributed by atoms with Crippen molar-refractivity contribution in [3.05, 3.63) is 23.3 Å². The normalized spacial score (nSPS) is 37.2. The summed E-state index contributed by atoms with van der Waals surface area (Å²) in [6.07, 6.45) is 1.12. The van der Waals surface area contributed by atoms with Crippen molar-refractivity contribution in [3.63, 3.8) is 0 Å². The van der Waals surface area contributed by atoms with Gasteiger partial charge in [-0.25, -0.2) is 4.79 Å². The van der Waals surface area contributed by atoms with E-state index in [0.29, 0.717) is 5.57 Å². The fourth-order valence-electron chi connectivity index (χ4n) is 4.27. The second kappa shape index (κ2) is 8.25. The summed E-state index contributed by atoms with van der Waals surface area (Å²) in [7, 11) is 0. The smallest absolute Gasteiger partial charge is 0.338 e. The van der Waals surface area contributed by atoms with Gasteiger partial charge in [-0.2, -0.15) is 0 Å². The molecule has 0 N–H and O–H groups in total. The van der Waals surface area contributed by atoms with Gasteiger partial charge >= 0.3 is 23.9 Å². The third kappa shape index (κ3) is 4.54. The van der Waals surface area contributed by atoms with E-state index in [9.17, 15) is 19.2 Å². The molecular formula is C23H28O10. The molecule has 0 radical (unpaired) electrons. The minimum atomic E-state index is -0.947.